The molecule has 1 atom stereocenters. The van der Waals surface area contributed by atoms with Crippen LogP contribution in [0, 0.1) is 11.3 Å². The molecule has 0 spiro atoms. The summed E-state index contributed by atoms with van der Waals surface area (Å²) in [6.07, 6.45) is 3.69. The van der Waals surface area contributed by atoms with E-state index in [-0.39, 0.29) is 5.91 Å². The minimum atomic E-state index is -1.13. The SMILES string of the molecule is O=C(O)C1(C(=O)NCCC2CCOC2)CCC1. The summed E-state index contributed by atoms with van der Waals surface area (Å²) >= 11 is 0. The smallest absolute Gasteiger partial charge is 0.319 e. The summed E-state index contributed by atoms with van der Waals surface area (Å²) in [5.74, 6) is -0.780. The molecule has 2 rings (SSSR count). The molecule has 17 heavy (non-hydrogen) atoms. The number of carbonyl (C=O) groups excluding carboxylic acids is 1. The summed E-state index contributed by atoms with van der Waals surface area (Å²) in [5, 5.41) is 11.8. The van der Waals surface area contributed by atoms with Gasteiger partial charge in [0.2, 0.25) is 5.91 Å². The molecule has 0 aromatic carbocycles. The number of rotatable bonds is 5. The van der Waals surface area contributed by atoms with Crippen LogP contribution in [0.1, 0.15) is 32.1 Å². The number of hydrogen-bond donors (Lipinski definition) is 2. The minimum absolute atomic E-state index is 0.310. The summed E-state index contributed by atoms with van der Waals surface area (Å²) in [7, 11) is 0. The lowest BCUT2D eigenvalue weighted by Gasteiger charge is -2.35. The van der Waals surface area contributed by atoms with Crippen molar-refractivity contribution in [2.24, 2.45) is 11.3 Å². The maximum atomic E-state index is 11.8. The van der Waals surface area contributed by atoms with Gasteiger partial charge in [-0.2, -0.15) is 0 Å². The van der Waals surface area contributed by atoms with Crippen molar-refractivity contribution in [3.8, 4) is 0 Å². The molecule has 5 nitrogen and oxygen atoms in total. The Kier molecular flexibility index (Phi) is 3.66. The number of amides is 1. The van der Waals surface area contributed by atoms with Gasteiger partial charge < -0.3 is 15.2 Å². The van der Waals surface area contributed by atoms with E-state index in [2.05, 4.69) is 5.32 Å². The van der Waals surface area contributed by atoms with Gasteiger partial charge in [-0.25, -0.2) is 0 Å². The molecule has 0 bridgehead atoms. The number of carbonyl (C=O) groups is 2. The van der Waals surface area contributed by atoms with Gasteiger partial charge >= 0.3 is 5.97 Å². The average molecular weight is 241 g/mol. The molecule has 2 aliphatic rings. The fraction of sp³-hybridized carbons (Fsp3) is 0.833. The lowest BCUT2D eigenvalue weighted by Crippen LogP contribution is -2.51. The van der Waals surface area contributed by atoms with Crippen molar-refractivity contribution in [1.29, 1.82) is 0 Å². The zero-order valence-electron chi connectivity index (χ0n) is 9.91. The number of hydrogen-bond acceptors (Lipinski definition) is 3. The Balaban J connectivity index is 1.74. The number of carboxylic acids is 1. The Labute approximate surface area is 101 Å². The largest absolute Gasteiger partial charge is 0.480 e. The van der Waals surface area contributed by atoms with Gasteiger partial charge in [0.05, 0.1) is 0 Å². The highest BCUT2D eigenvalue weighted by Gasteiger charge is 2.50. The van der Waals surface area contributed by atoms with Crippen LogP contribution in [-0.4, -0.2) is 36.7 Å². The summed E-state index contributed by atoms with van der Waals surface area (Å²) in [6.45, 7) is 2.12. The number of ether oxygens (including phenoxy) is 1. The first-order chi connectivity index (χ1) is 8.15. The third-order valence-corrected chi connectivity index (χ3v) is 3.91. The summed E-state index contributed by atoms with van der Waals surface area (Å²) in [6, 6.07) is 0. The predicted molar refractivity (Wildman–Crippen MR) is 60.5 cm³/mol. The van der Waals surface area contributed by atoms with Crippen LogP contribution in [0.5, 0.6) is 0 Å². The number of nitrogens with one attached hydrogen (secondary N) is 1. The molecule has 1 heterocycles. The molecular weight excluding hydrogens is 222 g/mol. The molecule has 2 N–H and O–H groups in total. The van der Waals surface area contributed by atoms with Gasteiger partial charge in [0.1, 0.15) is 5.41 Å². The van der Waals surface area contributed by atoms with Crippen LogP contribution in [0.2, 0.25) is 0 Å². The normalized spacial score (nSPS) is 26.2. The Morgan fingerprint density at radius 1 is 1.41 bits per heavy atom. The van der Waals surface area contributed by atoms with E-state index in [1.54, 1.807) is 0 Å². The molecule has 0 aromatic rings. The summed E-state index contributed by atoms with van der Waals surface area (Å²) in [4.78, 5) is 22.9. The monoisotopic (exact) mass is 241 g/mol. The third kappa shape index (κ3) is 2.44. The lowest BCUT2D eigenvalue weighted by atomic mass is 9.68. The van der Waals surface area contributed by atoms with Gasteiger partial charge in [-0.1, -0.05) is 6.42 Å². The number of aliphatic carboxylic acids is 1. The Hall–Kier alpha value is -1.10. The topological polar surface area (TPSA) is 75.6 Å². The standard InChI is InChI=1S/C12H19NO4/c14-10(12(11(15)16)4-1-5-12)13-6-2-9-3-7-17-8-9/h9H,1-8H2,(H,13,14)(H,15,16). The van der Waals surface area contributed by atoms with Crippen molar-refractivity contribution in [2.75, 3.05) is 19.8 Å². The zero-order valence-corrected chi connectivity index (χ0v) is 9.91. The van der Waals surface area contributed by atoms with E-state index < -0.39 is 11.4 Å². The first-order valence-electron chi connectivity index (χ1n) is 6.24. The zero-order chi connectivity index (χ0) is 12.3. The maximum absolute atomic E-state index is 11.8. The van der Waals surface area contributed by atoms with E-state index in [0.29, 0.717) is 25.3 Å². The van der Waals surface area contributed by atoms with Crippen LogP contribution in [0.3, 0.4) is 0 Å². The quantitative estimate of drug-likeness (QED) is 0.698. The second kappa shape index (κ2) is 5.04. The van der Waals surface area contributed by atoms with Crippen LogP contribution >= 0.6 is 0 Å². The van der Waals surface area contributed by atoms with E-state index in [9.17, 15) is 9.59 Å². The van der Waals surface area contributed by atoms with E-state index in [4.69, 9.17) is 9.84 Å². The second-order valence-corrected chi connectivity index (χ2v) is 5.02. The Morgan fingerprint density at radius 2 is 2.18 bits per heavy atom. The average Bonchev–Trinajstić information content (AvgIpc) is 2.67. The molecule has 0 radical (unpaired) electrons. The van der Waals surface area contributed by atoms with Crippen molar-refractivity contribution in [2.45, 2.75) is 32.1 Å². The van der Waals surface area contributed by atoms with Crippen LogP contribution in [0.25, 0.3) is 0 Å². The van der Waals surface area contributed by atoms with Gasteiger partial charge in [0.15, 0.2) is 0 Å². The van der Waals surface area contributed by atoms with Gasteiger partial charge in [-0.3, -0.25) is 9.59 Å². The first-order valence-corrected chi connectivity index (χ1v) is 6.24. The highest BCUT2D eigenvalue weighted by Crippen LogP contribution is 2.41. The molecular formula is C12H19NO4. The van der Waals surface area contributed by atoms with Crippen LogP contribution in [0.4, 0.5) is 0 Å². The molecule has 96 valence electrons. The fourth-order valence-electron chi connectivity index (χ4n) is 2.44. The Morgan fingerprint density at radius 3 is 2.65 bits per heavy atom. The molecule has 5 heteroatoms. The fourth-order valence-corrected chi connectivity index (χ4v) is 2.44. The molecule has 2 fully saturated rings. The van der Waals surface area contributed by atoms with Crippen molar-refractivity contribution in [1.82, 2.24) is 5.32 Å². The van der Waals surface area contributed by atoms with E-state index in [1.807, 2.05) is 0 Å². The van der Waals surface area contributed by atoms with Gasteiger partial charge in [0, 0.05) is 19.8 Å². The van der Waals surface area contributed by atoms with Crippen LogP contribution in [0.15, 0.2) is 0 Å². The minimum Gasteiger partial charge on any atom is -0.480 e. The number of carboxylic acid groups (broad SMARTS) is 1. The predicted octanol–water partition coefficient (Wildman–Crippen LogP) is 0.784. The molecule has 1 saturated carbocycles. The van der Waals surface area contributed by atoms with E-state index in [1.165, 1.54) is 0 Å². The maximum Gasteiger partial charge on any atom is 0.319 e. The Bertz CT molecular complexity index is 306. The van der Waals surface area contributed by atoms with Crippen molar-refractivity contribution in [3.05, 3.63) is 0 Å². The van der Waals surface area contributed by atoms with Crippen LogP contribution in [-0.2, 0) is 14.3 Å². The second-order valence-electron chi connectivity index (χ2n) is 5.02. The molecule has 1 aliphatic heterocycles. The highest BCUT2D eigenvalue weighted by molar-refractivity contribution is 6.02. The van der Waals surface area contributed by atoms with Gasteiger partial charge in [0.25, 0.3) is 0 Å². The molecule has 0 aromatic heterocycles. The van der Waals surface area contributed by atoms with Crippen molar-refractivity contribution < 1.29 is 19.4 Å². The summed E-state index contributed by atoms with van der Waals surface area (Å²) in [5.41, 5.74) is -1.13. The van der Waals surface area contributed by atoms with Crippen molar-refractivity contribution in [3.63, 3.8) is 0 Å². The van der Waals surface area contributed by atoms with Crippen molar-refractivity contribution >= 4 is 11.9 Å². The summed E-state index contributed by atoms with van der Waals surface area (Å²) < 4.78 is 5.25. The molecule has 1 unspecified atom stereocenters. The molecule has 1 amide bonds. The van der Waals surface area contributed by atoms with E-state index >= 15 is 0 Å². The lowest BCUT2D eigenvalue weighted by molar-refractivity contribution is -0.162. The van der Waals surface area contributed by atoms with Gasteiger partial charge in [-0.15, -0.1) is 0 Å². The van der Waals surface area contributed by atoms with Gasteiger partial charge in [-0.05, 0) is 31.6 Å². The first kappa shape index (κ1) is 12.4. The molecule has 1 saturated heterocycles. The third-order valence-electron chi connectivity index (χ3n) is 3.91. The highest BCUT2D eigenvalue weighted by atomic mass is 16.5. The molecule has 1 aliphatic carbocycles. The van der Waals surface area contributed by atoms with Crippen LogP contribution < -0.4 is 5.32 Å². The van der Waals surface area contributed by atoms with E-state index in [0.717, 1.165) is 32.5 Å².